The molecule has 0 radical (unpaired) electrons. The molecule has 0 amide bonds. The van der Waals surface area contributed by atoms with Crippen molar-refractivity contribution in [1.82, 2.24) is 0 Å². The van der Waals surface area contributed by atoms with Crippen LogP contribution in [0, 0.1) is 17.9 Å². The molecule has 0 rings (SSSR count). The third-order valence-electron chi connectivity index (χ3n) is 1.87. The van der Waals surface area contributed by atoms with Crippen LogP contribution in [0.25, 0.3) is 4.85 Å². The van der Waals surface area contributed by atoms with Gasteiger partial charge in [0.15, 0.2) is 0 Å². The second-order valence-electron chi connectivity index (χ2n) is 3.43. The highest BCUT2D eigenvalue weighted by Crippen LogP contribution is 1.97. The quantitative estimate of drug-likeness (QED) is 0.407. The van der Waals surface area contributed by atoms with Gasteiger partial charge in [0.2, 0.25) is 6.54 Å². The van der Waals surface area contributed by atoms with Gasteiger partial charge in [0.25, 0.3) is 0 Å². The van der Waals surface area contributed by atoms with Crippen LogP contribution in [0.5, 0.6) is 0 Å². The summed E-state index contributed by atoms with van der Waals surface area (Å²) in [5.41, 5.74) is 0. The molecule has 0 fully saturated rings. The number of nitriles is 1. The van der Waals surface area contributed by atoms with Crippen LogP contribution >= 0.6 is 0 Å². The molecule has 0 aromatic rings. The summed E-state index contributed by atoms with van der Waals surface area (Å²) in [6.07, 6.45) is 1.19. The third-order valence-corrected chi connectivity index (χ3v) is 1.87. The van der Waals surface area contributed by atoms with Crippen LogP contribution in [0.4, 0.5) is 0 Å². The van der Waals surface area contributed by atoms with E-state index >= 15 is 0 Å². The summed E-state index contributed by atoms with van der Waals surface area (Å²) >= 11 is 0. The number of hydrogen-bond acceptors (Lipinski definition) is 4. The number of rotatable bonds is 11. The predicted octanol–water partition coefficient (Wildman–Crippen LogP) is 1.65. The van der Waals surface area contributed by atoms with Gasteiger partial charge < -0.3 is 19.1 Å². The van der Waals surface area contributed by atoms with E-state index < -0.39 is 0 Å². The first kappa shape index (κ1) is 15.9. The number of nitrogens with zero attached hydrogens (tertiary/aromatic N) is 2. The lowest BCUT2D eigenvalue weighted by atomic mass is 10.4. The molecule has 0 N–H and O–H groups in total. The van der Waals surface area contributed by atoms with Crippen molar-refractivity contribution in [2.24, 2.45) is 0 Å². The van der Waals surface area contributed by atoms with E-state index in [-0.39, 0.29) is 6.10 Å². The molecule has 5 heteroatoms. The van der Waals surface area contributed by atoms with Gasteiger partial charge in [-0.25, -0.2) is 6.57 Å². The average Bonchev–Trinajstić information content (AvgIpc) is 2.34. The first-order valence-electron chi connectivity index (χ1n) is 5.82. The molecule has 1 atom stereocenters. The van der Waals surface area contributed by atoms with Crippen molar-refractivity contribution in [1.29, 1.82) is 5.26 Å². The molecule has 0 saturated heterocycles. The molecule has 17 heavy (non-hydrogen) atoms. The zero-order chi connectivity index (χ0) is 12.8. The van der Waals surface area contributed by atoms with Crippen molar-refractivity contribution >= 4 is 0 Å². The number of hydrogen-bond donors (Lipinski definition) is 0. The molecular formula is C12H20N2O3. The van der Waals surface area contributed by atoms with Crippen LogP contribution in [0.1, 0.15) is 19.8 Å². The lowest BCUT2D eigenvalue weighted by molar-refractivity contribution is -0.0557. The van der Waals surface area contributed by atoms with Gasteiger partial charge >= 0.3 is 0 Å². The summed E-state index contributed by atoms with van der Waals surface area (Å²) in [5, 5.41) is 8.36. The minimum absolute atomic E-state index is 0.151. The Morgan fingerprint density at radius 2 is 1.94 bits per heavy atom. The number of ether oxygens (including phenoxy) is 3. The molecule has 0 aromatic carbocycles. The lowest BCUT2D eigenvalue weighted by Gasteiger charge is -2.16. The molecule has 5 nitrogen and oxygen atoms in total. The highest BCUT2D eigenvalue weighted by Gasteiger charge is 2.10. The second-order valence-corrected chi connectivity index (χ2v) is 3.43. The fourth-order valence-corrected chi connectivity index (χ4v) is 1.10. The molecule has 0 aromatic heterocycles. The van der Waals surface area contributed by atoms with E-state index in [0.717, 1.165) is 6.42 Å². The maximum Gasteiger partial charge on any atom is 0.237 e. The zero-order valence-corrected chi connectivity index (χ0v) is 10.4. The standard InChI is InChI=1S/C12H20N2O3/c1-3-7-15-10-12(17-9-6-14-2)11-16-8-4-5-13/h12H,3-4,6-11H2,1H3. The minimum Gasteiger partial charge on any atom is -0.379 e. The molecule has 0 saturated carbocycles. The maximum absolute atomic E-state index is 8.36. The zero-order valence-electron chi connectivity index (χ0n) is 10.4. The Morgan fingerprint density at radius 1 is 1.24 bits per heavy atom. The average molecular weight is 240 g/mol. The van der Waals surface area contributed by atoms with E-state index in [0.29, 0.717) is 46.0 Å². The first-order valence-corrected chi connectivity index (χ1v) is 5.82. The highest BCUT2D eigenvalue weighted by molar-refractivity contribution is 4.68. The van der Waals surface area contributed by atoms with E-state index in [1.807, 2.05) is 13.0 Å². The fourth-order valence-electron chi connectivity index (χ4n) is 1.10. The minimum atomic E-state index is -0.151. The van der Waals surface area contributed by atoms with Crippen molar-refractivity contribution in [3.05, 3.63) is 11.4 Å². The van der Waals surface area contributed by atoms with Crippen LogP contribution in [0.3, 0.4) is 0 Å². The van der Waals surface area contributed by atoms with Gasteiger partial charge in [-0.3, -0.25) is 0 Å². The van der Waals surface area contributed by atoms with Crippen molar-refractivity contribution in [3.63, 3.8) is 0 Å². The molecule has 0 aliphatic heterocycles. The summed E-state index contributed by atoms with van der Waals surface area (Å²) < 4.78 is 16.1. The SMILES string of the molecule is [C-]#[N+]CCOC(COCCC)COCCC#N. The van der Waals surface area contributed by atoms with E-state index in [2.05, 4.69) is 4.85 Å². The van der Waals surface area contributed by atoms with Crippen LogP contribution in [-0.2, 0) is 14.2 Å². The van der Waals surface area contributed by atoms with E-state index in [4.69, 9.17) is 26.0 Å². The van der Waals surface area contributed by atoms with E-state index in [1.54, 1.807) is 0 Å². The summed E-state index contributed by atoms with van der Waals surface area (Å²) in [5.74, 6) is 0. The normalized spacial score (nSPS) is 11.7. The van der Waals surface area contributed by atoms with Crippen molar-refractivity contribution in [2.45, 2.75) is 25.9 Å². The van der Waals surface area contributed by atoms with Crippen LogP contribution in [0.15, 0.2) is 0 Å². The van der Waals surface area contributed by atoms with Gasteiger partial charge in [-0.1, -0.05) is 6.92 Å². The highest BCUT2D eigenvalue weighted by atomic mass is 16.6. The van der Waals surface area contributed by atoms with Gasteiger partial charge in [0, 0.05) is 6.61 Å². The van der Waals surface area contributed by atoms with Gasteiger partial charge in [0.05, 0.1) is 32.3 Å². The Balaban J connectivity index is 3.69. The van der Waals surface area contributed by atoms with Crippen LogP contribution in [0.2, 0.25) is 0 Å². The monoisotopic (exact) mass is 240 g/mol. The van der Waals surface area contributed by atoms with Gasteiger partial charge in [-0.05, 0) is 6.42 Å². The molecule has 0 heterocycles. The molecule has 0 spiro atoms. The smallest absolute Gasteiger partial charge is 0.237 e. The predicted molar refractivity (Wildman–Crippen MR) is 63.4 cm³/mol. The van der Waals surface area contributed by atoms with E-state index in [1.165, 1.54) is 0 Å². The Hall–Kier alpha value is -1.14. The second kappa shape index (κ2) is 12.9. The summed E-state index contributed by atoms with van der Waals surface area (Å²) in [6.45, 7) is 11.4. The summed E-state index contributed by atoms with van der Waals surface area (Å²) in [6, 6.07) is 2.01. The van der Waals surface area contributed by atoms with Crippen molar-refractivity contribution < 1.29 is 14.2 Å². The van der Waals surface area contributed by atoms with Gasteiger partial charge in [-0.15, -0.1) is 0 Å². The summed E-state index contributed by atoms with van der Waals surface area (Å²) in [4.78, 5) is 3.21. The lowest BCUT2D eigenvalue weighted by Crippen LogP contribution is -2.27. The van der Waals surface area contributed by atoms with Gasteiger partial charge in [-0.2, -0.15) is 5.26 Å². The molecular weight excluding hydrogens is 220 g/mol. The fraction of sp³-hybridized carbons (Fsp3) is 0.833. The third kappa shape index (κ3) is 11.1. The topological polar surface area (TPSA) is 55.8 Å². The molecule has 0 aliphatic carbocycles. The molecule has 0 aliphatic rings. The van der Waals surface area contributed by atoms with Crippen molar-refractivity contribution in [2.75, 3.05) is 39.6 Å². The largest absolute Gasteiger partial charge is 0.379 e. The maximum atomic E-state index is 8.36. The Labute approximate surface area is 103 Å². The Bertz CT molecular complexity index is 245. The van der Waals surface area contributed by atoms with Crippen LogP contribution < -0.4 is 0 Å². The summed E-state index contributed by atoms with van der Waals surface area (Å²) in [7, 11) is 0. The Morgan fingerprint density at radius 3 is 2.53 bits per heavy atom. The van der Waals surface area contributed by atoms with Crippen molar-refractivity contribution in [3.8, 4) is 6.07 Å². The van der Waals surface area contributed by atoms with Gasteiger partial charge in [0.1, 0.15) is 12.7 Å². The molecule has 0 bridgehead atoms. The van der Waals surface area contributed by atoms with E-state index in [9.17, 15) is 0 Å². The van der Waals surface area contributed by atoms with Crippen LogP contribution in [-0.4, -0.2) is 45.7 Å². The molecule has 1 unspecified atom stereocenters. The Kier molecular flexibility index (Phi) is 12.1. The first-order chi connectivity index (χ1) is 8.35. The molecule has 96 valence electrons.